The zero-order valence-electron chi connectivity index (χ0n) is 16.2. The third-order valence-electron chi connectivity index (χ3n) is 4.80. The van der Waals surface area contributed by atoms with Crippen molar-refractivity contribution in [1.82, 2.24) is 19.7 Å². The summed E-state index contributed by atoms with van der Waals surface area (Å²) < 4.78 is 1.77. The van der Waals surface area contributed by atoms with Crippen LogP contribution in [-0.4, -0.2) is 19.7 Å². The van der Waals surface area contributed by atoms with Gasteiger partial charge >= 0.3 is 0 Å². The maximum absolute atomic E-state index is 12.5. The number of aromatic amines is 1. The molecule has 0 aliphatic heterocycles. The Bertz CT molecular complexity index is 1240. The molecule has 7 heteroatoms. The lowest BCUT2D eigenvalue weighted by Gasteiger charge is -2.20. The number of aromatic nitrogens is 4. The summed E-state index contributed by atoms with van der Waals surface area (Å²) in [4.78, 5) is 20.0. The zero-order valence-corrected chi connectivity index (χ0v) is 17.0. The van der Waals surface area contributed by atoms with E-state index in [1.165, 1.54) is 0 Å². The van der Waals surface area contributed by atoms with Crippen LogP contribution in [0.25, 0.3) is 21.8 Å². The largest absolute Gasteiger partial charge is 0.349 e. The number of anilines is 1. The molecule has 0 saturated carbocycles. The lowest BCUT2D eigenvalue weighted by atomic mass is 10.00. The van der Waals surface area contributed by atoms with Crippen molar-refractivity contribution in [3.8, 4) is 0 Å². The molecule has 0 aliphatic carbocycles. The number of hydrogen-bond donors (Lipinski definition) is 2. The van der Waals surface area contributed by atoms with Gasteiger partial charge in [0.25, 0.3) is 5.56 Å². The molecule has 0 saturated heterocycles. The molecule has 6 nitrogen and oxygen atoms in total. The van der Waals surface area contributed by atoms with Crippen LogP contribution in [0.1, 0.15) is 39.3 Å². The average Bonchev–Trinajstić information content (AvgIpc) is 3.07. The van der Waals surface area contributed by atoms with Crippen molar-refractivity contribution >= 4 is 39.4 Å². The Morgan fingerprint density at radius 2 is 1.82 bits per heavy atom. The van der Waals surface area contributed by atoms with Crippen LogP contribution in [0, 0.1) is 0 Å². The van der Waals surface area contributed by atoms with Gasteiger partial charge in [0.05, 0.1) is 17.8 Å². The molecule has 28 heavy (non-hydrogen) atoms. The highest BCUT2D eigenvalue weighted by Gasteiger charge is 2.20. The van der Waals surface area contributed by atoms with Crippen molar-refractivity contribution in [2.45, 2.75) is 39.3 Å². The molecule has 0 amide bonds. The molecule has 1 atom stereocenters. The molecule has 0 bridgehead atoms. The number of rotatable bonds is 3. The van der Waals surface area contributed by atoms with Crippen LogP contribution < -0.4 is 10.9 Å². The monoisotopic (exact) mass is 395 g/mol. The Morgan fingerprint density at radius 3 is 2.54 bits per heavy atom. The molecule has 1 unspecified atom stereocenters. The van der Waals surface area contributed by atoms with Gasteiger partial charge in [-0.05, 0) is 44.7 Å². The second kappa shape index (κ2) is 6.63. The summed E-state index contributed by atoms with van der Waals surface area (Å²) in [7, 11) is 0. The third kappa shape index (κ3) is 3.14. The molecule has 144 valence electrons. The van der Waals surface area contributed by atoms with E-state index >= 15 is 0 Å². The summed E-state index contributed by atoms with van der Waals surface area (Å²) in [6.07, 6.45) is 1.56. The first-order chi connectivity index (χ1) is 13.3. The van der Waals surface area contributed by atoms with E-state index in [4.69, 9.17) is 11.6 Å². The summed E-state index contributed by atoms with van der Waals surface area (Å²) in [6.45, 7) is 8.11. The smallest absolute Gasteiger partial charge is 0.263 e. The van der Waals surface area contributed by atoms with E-state index in [1.807, 2.05) is 64.1 Å². The first kappa shape index (κ1) is 18.5. The summed E-state index contributed by atoms with van der Waals surface area (Å²) in [5.74, 6) is 0.412. The van der Waals surface area contributed by atoms with E-state index in [-0.39, 0.29) is 17.1 Å². The van der Waals surface area contributed by atoms with E-state index in [0.717, 1.165) is 16.3 Å². The van der Waals surface area contributed by atoms with Crippen molar-refractivity contribution in [1.29, 1.82) is 0 Å². The highest BCUT2D eigenvalue weighted by Crippen LogP contribution is 2.31. The molecule has 0 radical (unpaired) electrons. The van der Waals surface area contributed by atoms with Gasteiger partial charge in [0, 0.05) is 10.4 Å². The van der Waals surface area contributed by atoms with Crippen LogP contribution in [0.15, 0.2) is 47.4 Å². The number of fused-ring (bicyclic) bond motifs is 2. The molecule has 2 aromatic heterocycles. The average molecular weight is 396 g/mol. The normalized spacial score (nSPS) is 13.2. The van der Waals surface area contributed by atoms with E-state index in [2.05, 4.69) is 20.4 Å². The van der Waals surface area contributed by atoms with E-state index in [1.54, 1.807) is 10.9 Å². The summed E-state index contributed by atoms with van der Waals surface area (Å²) in [5.41, 5.74) is 1.15. The van der Waals surface area contributed by atoms with Gasteiger partial charge in [0.1, 0.15) is 5.39 Å². The summed E-state index contributed by atoms with van der Waals surface area (Å²) >= 11 is 6.34. The second-order valence-electron chi connectivity index (χ2n) is 7.93. The first-order valence-corrected chi connectivity index (χ1v) is 9.56. The van der Waals surface area contributed by atoms with Crippen molar-refractivity contribution in [3.05, 3.63) is 63.5 Å². The van der Waals surface area contributed by atoms with E-state index in [0.29, 0.717) is 22.0 Å². The lowest BCUT2D eigenvalue weighted by molar-refractivity contribution is 0.366. The van der Waals surface area contributed by atoms with Gasteiger partial charge in [0.15, 0.2) is 5.65 Å². The van der Waals surface area contributed by atoms with Crippen LogP contribution in [-0.2, 0) is 5.54 Å². The fraction of sp³-hybridized carbons (Fsp3) is 0.286. The number of benzene rings is 2. The molecule has 0 spiro atoms. The fourth-order valence-corrected chi connectivity index (χ4v) is 3.65. The lowest BCUT2D eigenvalue weighted by Crippen LogP contribution is -2.24. The van der Waals surface area contributed by atoms with E-state index in [9.17, 15) is 4.79 Å². The number of hydrogen-bond acceptors (Lipinski definition) is 4. The highest BCUT2D eigenvalue weighted by molar-refractivity contribution is 6.35. The fourth-order valence-electron chi connectivity index (χ4n) is 3.42. The van der Waals surface area contributed by atoms with Gasteiger partial charge in [-0.3, -0.25) is 9.78 Å². The minimum atomic E-state index is -0.280. The van der Waals surface area contributed by atoms with Gasteiger partial charge in [-0.1, -0.05) is 41.9 Å². The zero-order chi connectivity index (χ0) is 20.1. The Hall–Kier alpha value is -2.86. The maximum Gasteiger partial charge on any atom is 0.263 e. The first-order valence-electron chi connectivity index (χ1n) is 9.18. The Balaban J connectivity index is 1.77. The van der Waals surface area contributed by atoms with Crippen LogP contribution in [0.2, 0.25) is 5.02 Å². The molecule has 2 N–H and O–H groups in total. The molecular weight excluding hydrogens is 374 g/mol. The summed E-state index contributed by atoms with van der Waals surface area (Å²) in [5, 5.41) is 10.9. The molecule has 0 aliphatic rings. The Kier molecular flexibility index (Phi) is 4.38. The Morgan fingerprint density at radius 1 is 1.11 bits per heavy atom. The summed E-state index contributed by atoms with van der Waals surface area (Å²) in [6, 6.07) is 11.8. The number of halogens is 1. The minimum absolute atomic E-state index is 0.0891. The van der Waals surface area contributed by atoms with Gasteiger partial charge in [-0.15, -0.1) is 0 Å². The van der Waals surface area contributed by atoms with Crippen molar-refractivity contribution in [2.24, 2.45) is 0 Å². The van der Waals surface area contributed by atoms with Gasteiger partial charge in [0.2, 0.25) is 5.95 Å². The van der Waals surface area contributed by atoms with Gasteiger partial charge < -0.3 is 5.32 Å². The predicted molar refractivity (Wildman–Crippen MR) is 114 cm³/mol. The molecule has 2 heterocycles. The SMILES string of the molecule is CC(Nc1nc2c(cnn2C(C)(C)C)c(=O)[nH]1)c1ccc(Cl)c2ccccc12. The molecule has 4 aromatic rings. The van der Waals surface area contributed by atoms with Crippen molar-refractivity contribution < 1.29 is 0 Å². The third-order valence-corrected chi connectivity index (χ3v) is 5.13. The number of H-pyrrole nitrogens is 1. The van der Waals surface area contributed by atoms with Crippen LogP contribution in [0.5, 0.6) is 0 Å². The molecule has 0 fully saturated rings. The molecule has 4 rings (SSSR count). The second-order valence-corrected chi connectivity index (χ2v) is 8.33. The minimum Gasteiger partial charge on any atom is -0.349 e. The maximum atomic E-state index is 12.5. The van der Waals surface area contributed by atoms with E-state index < -0.39 is 0 Å². The Labute approximate surface area is 167 Å². The standard InChI is InChI=1S/C21H22ClN5O/c1-12(13-9-10-17(22)15-8-6-5-7-14(13)15)24-20-25-18-16(19(28)26-20)11-23-27(18)21(2,3)4/h5-12H,1-4H3,(H2,24,25,26,28). The predicted octanol–water partition coefficient (Wildman–Crippen LogP) is 4.85. The van der Waals surface area contributed by atoms with Crippen LogP contribution >= 0.6 is 11.6 Å². The number of nitrogens with one attached hydrogen (secondary N) is 2. The molecule has 2 aromatic carbocycles. The number of nitrogens with zero attached hydrogens (tertiary/aromatic N) is 3. The quantitative estimate of drug-likeness (QED) is 0.519. The topological polar surface area (TPSA) is 75.6 Å². The molecular formula is C21H22ClN5O. The van der Waals surface area contributed by atoms with Crippen molar-refractivity contribution in [3.63, 3.8) is 0 Å². The highest BCUT2D eigenvalue weighted by atomic mass is 35.5. The van der Waals surface area contributed by atoms with Gasteiger partial charge in [-0.2, -0.15) is 10.1 Å². The van der Waals surface area contributed by atoms with Crippen LogP contribution in [0.3, 0.4) is 0 Å². The van der Waals surface area contributed by atoms with Gasteiger partial charge in [-0.25, -0.2) is 4.68 Å². The van der Waals surface area contributed by atoms with Crippen LogP contribution in [0.4, 0.5) is 5.95 Å². The van der Waals surface area contributed by atoms with Crippen molar-refractivity contribution in [2.75, 3.05) is 5.32 Å².